The molecule has 6 aliphatic heterocycles. The standard InChI is InChI=1S/C56H90O33/c1-19-11-55-9-5-26-53(2,7-4-8-54(26,3)52(77)88-50-44(86-48-40(75)36(71)30(65)22(14-59)80-48)42(32(67)24(16-61)82-50)84-46-38(73)34(69)28(63)20(12-57)78-46)27(55)6-10-56(19,18-55)89-51-45(87-49-41(76)37(72)31(66)23(15-60)81-49)43(33(68)25(17-62)83-51)85-47-39(74)35(70)29(64)21(13-58)79-47/h20-51,57-76H,1,4-18H2,2-3H3. The fourth-order valence-corrected chi connectivity index (χ4v) is 16.4. The Morgan fingerprint density at radius 1 is 0.427 bits per heavy atom. The Morgan fingerprint density at radius 3 is 1.18 bits per heavy atom. The van der Waals surface area contributed by atoms with Gasteiger partial charge in [0.2, 0.25) is 6.29 Å². The van der Waals surface area contributed by atoms with Crippen LogP contribution in [0.3, 0.4) is 0 Å². The molecule has 36 unspecified atom stereocenters. The molecule has 10 rings (SSSR count). The van der Waals surface area contributed by atoms with Crippen LogP contribution < -0.4 is 0 Å². The second kappa shape index (κ2) is 27.2. The number of carbonyl (C=O) groups excluding carboxylic acids is 1. The monoisotopic (exact) mass is 1290 g/mol. The zero-order valence-corrected chi connectivity index (χ0v) is 49.0. The average Bonchev–Trinajstić information content (AvgIpc) is 1.62. The molecule has 0 radical (unpaired) electrons. The number of ether oxygens (including phenoxy) is 12. The van der Waals surface area contributed by atoms with E-state index in [0.29, 0.717) is 44.1 Å². The molecule has 33 heteroatoms. The molecule has 512 valence electrons. The van der Waals surface area contributed by atoms with Gasteiger partial charge in [0.25, 0.3) is 0 Å². The van der Waals surface area contributed by atoms with Crippen LogP contribution in [0.2, 0.25) is 0 Å². The van der Waals surface area contributed by atoms with E-state index in [1.54, 1.807) is 6.92 Å². The van der Waals surface area contributed by atoms with Crippen LogP contribution in [0.1, 0.15) is 71.6 Å². The van der Waals surface area contributed by atoms with E-state index in [9.17, 15) is 102 Å². The fourth-order valence-electron chi connectivity index (χ4n) is 16.4. The number of aliphatic hydroxyl groups is 20. The van der Waals surface area contributed by atoms with Gasteiger partial charge in [-0.2, -0.15) is 0 Å². The molecule has 10 aliphatic rings. The van der Waals surface area contributed by atoms with Crippen molar-refractivity contribution in [1.82, 2.24) is 0 Å². The Balaban J connectivity index is 0.921. The first kappa shape index (κ1) is 69.8. The van der Waals surface area contributed by atoms with Gasteiger partial charge in [0.1, 0.15) is 140 Å². The molecule has 0 aromatic heterocycles. The lowest BCUT2D eigenvalue weighted by Gasteiger charge is -2.64. The van der Waals surface area contributed by atoms with Crippen molar-refractivity contribution in [2.75, 3.05) is 39.6 Å². The van der Waals surface area contributed by atoms with Crippen LogP contribution in [-0.4, -0.2) is 338 Å². The van der Waals surface area contributed by atoms with Crippen LogP contribution in [0, 0.1) is 28.1 Å². The van der Waals surface area contributed by atoms with Crippen LogP contribution in [0.5, 0.6) is 0 Å². The van der Waals surface area contributed by atoms with Gasteiger partial charge in [0.05, 0.1) is 50.7 Å². The van der Waals surface area contributed by atoms with E-state index in [-0.39, 0.29) is 25.2 Å². The summed E-state index contributed by atoms with van der Waals surface area (Å²) in [5, 5.41) is 215. The summed E-state index contributed by atoms with van der Waals surface area (Å²) in [7, 11) is 0. The number of esters is 1. The first-order valence-electron chi connectivity index (χ1n) is 30.4. The Kier molecular flexibility index (Phi) is 21.4. The van der Waals surface area contributed by atoms with Crippen molar-refractivity contribution in [3.63, 3.8) is 0 Å². The van der Waals surface area contributed by atoms with Gasteiger partial charge in [-0.25, -0.2) is 0 Å². The smallest absolute Gasteiger partial charge is 0.314 e. The molecular formula is C56H90O33. The highest BCUT2D eigenvalue weighted by Gasteiger charge is 2.70. The molecule has 0 aromatic rings. The van der Waals surface area contributed by atoms with E-state index in [2.05, 4.69) is 13.5 Å². The molecular weight excluding hydrogens is 1200 g/mol. The van der Waals surface area contributed by atoms with Crippen LogP contribution >= 0.6 is 0 Å². The Bertz CT molecular complexity index is 2390. The van der Waals surface area contributed by atoms with E-state index >= 15 is 4.79 Å². The number of fused-ring (bicyclic) bond motifs is 3. The van der Waals surface area contributed by atoms with E-state index < -0.39 is 258 Å². The molecule has 0 amide bonds. The molecule has 20 N–H and O–H groups in total. The topological polar surface area (TPSA) is 532 Å². The fraction of sp³-hybridized carbons (Fsp3) is 0.946. The normalized spacial score (nSPS) is 54.5. The summed E-state index contributed by atoms with van der Waals surface area (Å²) in [6.07, 6.45) is -51.9. The molecule has 6 heterocycles. The summed E-state index contributed by atoms with van der Waals surface area (Å²) in [4.78, 5) is 15.4. The summed E-state index contributed by atoms with van der Waals surface area (Å²) >= 11 is 0. The first-order chi connectivity index (χ1) is 42.1. The molecule has 4 aliphatic carbocycles. The molecule has 10 fully saturated rings. The largest absolute Gasteiger partial charge is 0.432 e. The molecule has 1 spiro atoms. The molecule has 2 bridgehead atoms. The number of rotatable bonds is 18. The Labute approximate surface area is 509 Å². The second-order valence-electron chi connectivity index (χ2n) is 26.4. The third-order valence-corrected chi connectivity index (χ3v) is 21.3. The Hall–Kier alpha value is -2.03. The van der Waals surface area contributed by atoms with Crippen molar-refractivity contribution >= 4 is 5.97 Å². The third kappa shape index (κ3) is 12.3. The number of hydrogen-bond acceptors (Lipinski definition) is 33. The van der Waals surface area contributed by atoms with Crippen molar-refractivity contribution in [1.29, 1.82) is 0 Å². The van der Waals surface area contributed by atoms with Gasteiger partial charge >= 0.3 is 5.97 Å². The number of carbonyl (C=O) groups is 1. The van der Waals surface area contributed by atoms with Gasteiger partial charge in [0.15, 0.2) is 37.6 Å². The zero-order valence-electron chi connectivity index (χ0n) is 49.0. The zero-order chi connectivity index (χ0) is 64.7. The minimum absolute atomic E-state index is 0.154. The van der Waals surface area contributed by atoms with Gasteiger partial charge in [-0.3, -0.25) is 4.79 Å². The lowest BCUT2D eigenvalue weighted by molar-refractivity contribution is -0.400. The van der Waals surface area contributed by atoms with Gasteiger partial charge in [0, 0.05) is 0 Å². The summed E-state index contributed by atoms with van der Waals surface area (Å²) in [6.45, 7) is 3.03. The van der Waals surface area contributed by atoms with Crippen molar-refractivity contribution < 1.29 is 164 Å². The van der Waals surface area contributed by atoms with Gasteiger partial charge in [-0.15, -0.1) is 0 Å². The highest BCUT2D eigenvalue weighted by Crippen LogP contribution is 2.74. The molecule has 36 atom stereocenters. The summed E-state index contributed by atoms with van der Waals surface area (Å²) in [6, 6.07) is 0. The average molecular weight is 1290 g/mol. The summed E-state index contributed by atoms with van der Waals surface area (Å²) in [5.41, 5.74) is -3.24. The van der Waals surface area contributed by atoms with Crippen LogP contribution in [-0.2, 0) is 61.6 Å². The Morgan fingerprint density at radius 2 is 0.775 bits per heavy atom. The molecule has 0 aromatic carbocycles. The molecule has 33 nitrogen and oxygen atoms in total. The van der Waals surface area contributed by atoms with Crippen molar-refractivity contribution in [3.8, 4) is 0 Å². The minimum atomic E-state index is -2.08. The van der Waals surface area contributed by atoms with Crippen molar-refractivity contribution in [2.24, 2.45) is 28.1 Å². The maximum Gasteiger partial charge on any atom is 0.314 e. The van der Waals surface area contributed by atoms with Crippen LogP contribution in [0.15, 0.2) is 12.2 Å². The first-order valence-corrected chi connectivity index (χ1v) is 30.4. The lowest BCUT2D eigenvalue weighted by Crippen LogP contribution is -2.68. The minimum Gasteiger partial charge on any atom is -0.432 e. The number of hydrogen-bond donors (Lipinski definition) is 20. The van der Waals surface area contributed by atoms with Gasteiger partial charge in [-0.1, -0.05) is 19.9 Å². The maximum atomic E-state index is 15.4. The maximum absolute atomic E-state index is 15.4. The predicted molar refractivity (Wildman–Crippen MR) is 284 cm³/mol. The van der Waals surface area contributed by atoms with Crippen molar-refractivity contribution in [2.45, 2.75) is 261 Å². The quantitative estimate of drug-likeness (QED) is 0.0344. The van der Waals surface area contributed by atoms with E-state index in [1.165, 1.54) is 0 Å². The van der Waals surface area contributed by atoms with E-state index in [4.69, 9.17) is 56.8 Å². The van der Waals surface area contributed by atoms with Crippen LogP contribution in [0.25, 0.3) is 0 Å². The SMILES string of the molecule is C=C1CC23CCC4C(C)(C(=O)OC5OC(CO)C(O)C(OC6OC(CO)C(O)C(O)C6O)C5OC5OC(CO)C(O)C(O)C5O)CCCC4(C)C2CCC1(OC1OC(CO)C(O)C(OC2OC(CO)C(O)C(O)C2O)C1OC1OC(CO)C(O)C(O)C1O)C3. The van der Waals surface area contributed by atoms with Crippen molar-refractivity contribution in [3.05, 3.63) is 12.2 Å². The van der Waals surface area contributed by atoms with E-state index in [0.717, 1.165) is 0 Å². The molecule has 89 heavy (non-hydrogen) atoms. The van der Waals surface area contributed by atoms with Crippen LogP contribution in [0.4, 0.5) is 0 Å². The molecule has 4 saturated carbocycles. The highest BCUT2D eigenvalue weighted by atomic mass is 16.8. The van der Waals surface area contributed by atoms with Gasteiger partial charge in [-0.05, 0) is 86.5 Å². The highest BCUT2D eigenvalue weighted by molar-refractivity contribution is 5.77. The number of aliphatic hydroxyl groups excluding tert-OH is 20. The third-order valence-electron chi connectivity index (χ3n) is 21.3. The van der Waals surface area contributed by atoms with E-state index in [1.807, 2.05) is 0 Å². The second-order valence-corrected chi connectivity index (χ2v) is 26.4. The summed E-state index contributed by atoms with van der Waals surface area (Å²) in [5.74, 6) is -1.44. The van der Waals surface area contributed by atoms with Gasteiger partial charge < -0.3 is 159 Å². The predicted octanol–water partition coefficient (Wildman–Crippen LogP) is -9.47. The molecule has 6 saturated heterocycles. The summed E-state index contributed by atoms with van der Waals surface area (Å²) < 4.78 is 72.9. The lowest BCUT2D eigenvalue weighted by atomic mass is 9.41.